The van der Waals surface area contributed by atoms with Gasteiger partial charge in [-0.25, -0.2) is 4.98 Å². The largest absolute Gasteiger partial charge is 0.392 e. The molecule has 0 saturated carbocycles. The molecule has 0 radical (unpaired) electrons. The number of aliphatic hydroxyl groups is 1. The van der Waals surface area contributed by atoms with Gasteiger partial charge in [0, 0.05) is 11.3 Å². The maximum Gasteiger partial charge on any atom is 0.223 e. The summed E-state index contributed by atoms with van der Waals surface area (Å²) in [5.41, 5.74) is 1.02. The first-order valence-corrected chi connectivity index (χ1v) is 13.4. The van der Waals surface area contributed by atoms with E-state index in [1.807, 2.05) is 32.2 Å². The molecule has 33 heavy (non-hydrogen) atoms. The predicted molar refractivity (Wildman–Crippen MR) is 137 cm³/mol. The molecule has 5 nitrogen and oxygen atoms in total. The Morgan fingerprint density at radius 3 is 2.45 bits per heavy atom. The SMILES string of the molecule is C/C(=C\c1csc(C)n1)C1CCC(C)CCCC(C)CC(C)C(=O)C(C)(C)C(O)CC(=O)N1. The molecule has 5 atom stereocenters. The van der Waals surface area contributed by atoms with Crippen LogP contribution in [0.15, 0.2) is 11.0 Å². The summed E-state index contributed by atoms with van der Waals surface area (Å²) in [7, 11) is 0. The highest BCUT2D eigenvalue weighted by molar-refractivity contribution is 7.09. The van der Waals surface area contributed by atoms with Gasteiger partial charge in [-0.05, 0) is 56.6 Å². The third-order valence-electron chi connectivity index (χ3n) is 7.29. The number of carbonyl (C=O) groups excluding carboxylic acids is 2. The lowest BCUT2D eigenvalue weighted by molar-refractivity contribution is -0.139. The third kappa shape index (κ3) is 8.32. The molecule has 2 heterocycles. The van der Waals surface area contributed by atoms with Crippen LogP contribution in [-0.2, 0) is 9.59 Å². The molecule has 186 valence electrons. The molecule has 1 aliphatic heterocycles. The Hall–Kier alpha value is -1.53. The van der Waals surface area contributed by atoms with E-state index in [0.29, 0.717) is 11.8 Å². The lowest BCUT2D eigenvalue weighted by atomic mass is 9.74. The van der Waals surface area contributed by atoms with Crippen LogP contribution in [0.4, 0.5) is 0 Å². The molecule has 1 aliphatic rings. The van der Waals surface area contributed by atoms with Crippen LogP contribution in [0.3, 0.4) is 0 Å². The first-order valence-electron chi connectivity index (χ1n) is 12.5. The number of nitrogens with zero attached hydrogens (tertiary/aromatic N) is 1. The van der Waals surface area contributed by atoms with Crippen molar-refractivity contribution in [3.63, 3.8) is 0 Å². The molecular formula is C27H44N2O3S. The number of rotatable bonds is 2. The minimum atomic E-state index is -1.01. The predicted octanol–water partition coefficient (Wildman–Crippen LogP) is 5.95. The van der Waals surface area contributed by atoms with Crippen LogP contribution in [0.1, 0.15) is 97.2 Å². The fraction of sp³-hybridized carbons (Fsp3) is 0.741. The second-order valence-electron chi connectivity index (χ2n) is 11.0. The van der Waals surface area contributed by atoms with Crippen LogP contribution >= 0.6 is 11.3 Å². The van der Waals surface area contributed by atoms with E-state index in [1.54, 1.807) is 25.2 Å². The third-order valence-corrected chi connectivity index (χ3v) is 8.08. The van der Waals surface area contributed by atoms with E-state index in [-0.39, 0.29) is 30.1 Å². The van der Waals surface area contributed by atoms with Crippen LogP contribution in [0.25, 0.3) is 6.08 Å². The smallest absolute Gasteiger partial charge is 0.223 e. The van der Waals surface area contributed by atoms with E-state index in [0.717, 1.165) is 54.8 Å². The Labute approximate surface area is 204 Å². The number of aryl methyl sites for hydroxylation is 1. The number of aromatic nitrogens is 1. The van der Waals surface area contributed by atoms with Crippen molar-refractivity contribution in [1.82, 2.24) is 10.3 Å². The number of aliphatic hydroxyl groups excluding tert-OH is 1. The van der Waals surface area contributed by atoms with Gasteiger partial charge in [0.2, 0.25) is 5.91 Å². The Morgan fingerprint density at radius 2 is 1.82 bits per heavy atom. The number of ketones is 1. The zero-order chi connectivity index (χ0) is 24.8. The van der Waals surface area contributed by atoms with Crippen LogP contribution in [0, 0.1) is 30.1 Å². The van der Waals surface area contributed by atoms with Crippen molar-refractivity contribution in [3.05, 3.63) is 21.7 Å². The maximum absolute atomic E-state index is 13.1. The van der Waals surface area contributed by atoms with Gasteiger partial charge in [-0.15, -0.1) is 11.3 Å². The van der Waals surface area contributed by atoms with Gasteiger partial charge in [-0.2, -0.15) is 0 Å². The molecule has 0 aliphatic carbocycles. The summed E-state index contributed by atoms with van der Waals surface area (Å²) in [5.74, 6) is 0.748. The Balaban J connectivity index is 2.24. The lowest BCUT2D eigenvalue weighted by Crippen LogP contribution is -2.45. The zero-order valence-corrected chi connectivity index (χ0v) is 22.4. The summed E-state index contributed by atoms with van der Waals surface area (Å²) in [6.45, 7) is 14.0. The normalized spacial score (nSPS) is 31.3. The Morgan fingerprint density at radius 1 is 1.15 bits per heavy atom. The summed E-state index contributed by atoms with van der Waals surface area (Å²) in [6.07, 6.45) is 7.10. The van der Waals surface area contributed by atoms with Gasteiger partial charge in [-0.3, -0.25) is 9.59 Å². The minimum Gasteiger partial charge on any atom is -0.392 e. The summed E-state index contributed by atoms with van der Waals surface area (Å²) in [5, 5.41) is 17.1. The molecule has 1 saturated heterocycles. The second-order valence-corrected chi connectivity index (χ2v) is 12.0. The van der Waals surface area contributed by atoms with Crippen molar-refractivity contribution < 1.29 is 14.7 Å². The molecule has 1 amide bonds. The van der Waals surface area contributed by atoms with Crippen molar-refractivity contribution >= 4 is 29.1 Å². The number of Topliss-reactive ketones (excluding diaryl/α,β-unsaturated/α-hetero) is 1. The van der Waals surface area contributed by atoms with Gasteiger partial charge in [0.25, 0.3) is 0 Å². The van der Waals surface area contributed by atoms with E-state index >= 15 is 0 Å². The molecule has 0 spiro atoms. The lowest BCUT2D eigenvalue weighted by Gasteiger charge is -2.33. The highest BCUT2D eigenvalue weighted by Crippen LogP contribution is 2.32. The van der Waals surface area contributed by atoms with Crippen LogP contribution < -0.4 is 5.32 Å². The summed E-state index contributed by atoms with van der Waals surface area (Å²) in [4.78, 5) is 30.6. The van der Waals surface area contributed by atoms with Crippen LogP contribution in [0.2, 0.25) is 0 Å². The van der Waals surface area contributed by atoms with Gasteiger partial charge in [0.15, 0.2) is 0 Å². The molecule has 1 aromatic heterocycles. The van der Waals surface area contributed by atoms with E-state index in [9.17, 15) is 14.7 Å². The number of hydrogen-bond acceptors (Lipinski definition) is 5. The number of hydrogen-bond donors (Lipinski definition) is 2. The summed E-state index contributed by atoms with van der Waals surface area (Å²) < 4.78 is 0. The first kappa shape index (κ1) is 27.7. The molecule has 6 heteroatoms. The van der Waals surface area contributed by atoms with Gasteiger partial charge < -0.3 is 10.4 Å². The summed E-state index contributed by atoms with van der Waals surface area (Å²) >= 11 is 1.61. The first-order chi connectivity index (χ1) is 15.4. The fourth-order valence-corrected chi connectivity index (χ4v) is 5.49. The molecule has 0 aromatic carbocycles. The fourth-order valence-electron chi connectivity index (χ4n) is 4.92. The minimum absolute atomic E-state index is 0.0432. The standard InChI is InChI=1S/C27H44N2O3S/c1-17-9-8-10-18(2)13-20(4)26(32)27(6,7)24(30)15-25(31)29-23(12-11-17)19(3)14-22-16-33-21(5)28-22/h14,16-18,20,23-24,30H,8-13,15H2,1-7H3,(H,29,31)/b19-14+. The number of thiazole rings is 1. The topological polar surface area (TPSA) is 79.3 Å². The molecule has 2 rings (SSSR count). The maximum atomic E-state index is 13.1. The average molecular weight is 477 g/mol. The molecule has 1 aromatic rings. The van der Waals surface area contributed by atoms with Crippen molar-refractivity contribution in [3.8, 4) is 0 Å². The Bertz CT molecular complexity index is 829. The van der Waals surface area contributed by atoms with Crippen molar-refractivity contribution in [2.75, 3.05) is 0 Å². The molecular weight excluding hydrogens is 432 g/mol. The van der Waals surface area contributed by atoms with E-state index in [1.165, 1.54) is 0 Å². The molecule has 0 bridgehead atoms. The van der Waals surface area contributed by atoms with E-state index in [4.69, 9.17) is 0 Å². The number of carbonyl (C=O) groups is 2. The van der Waals surface area contributed by atoms with Gasteiger partial charge >= 0.3 is 0 Å². The van der Waals surface area contributed by atoms with Crippen molar-refractivity contribution in [1.29, 1.82) is 0 Å². The van der Waals surface area contributed by atoms with Crippen LogP contribution in [-0.4, -0.2) is 33.9 Å². The molecule has 1 fully saturated rings. The van der Waals surface area contributed by atoms with Gasteiger partial charge in [0.05, 0.1) is 34.7 Å². The number of amides is 1. The van der Waals surface area contributed by atoms with Gasteiger partial charge in [0.1, 0.15) is 5.78 Å². The molecule has 5 unspecified atom stereocenters. The molecule has 2 N–H and O–H groups in total. The quantitative estimate of drug-likeness (QED) is 0.553. The highest BCUT2D eigenvalue weighted by Gasteiger charge is 2.39. The Kier molecular flexibility index (Phi) is 10.3. The second kappa shape index (κ2) is 12.3. The highest BCUT2D eigenvalue weighted by atomic mass is 32.1. The zero-order valence-electron chi connectivity index (χ0n) is 21.6. The van der Waals surface area contributed by atoms with Crippen molar-refractivity contribution in [2.24, 2.45) is 23.2 Å². The number of nitrogens with one attached hydrogen (secondary N) is 1. The average Bonchev–Trinajstić information content (AvgIpc) is 3.13. The van der Waals surface area contributed by atoms with Crippen LogP contribution in [0.5, 0.6) is 0 Å². The van der Waals surface area contributed by atoms with Gasteiger partial charge in [-0.1, -0.05) is 53.9 Å². The summed E-state index contributed by atoms with van der Waals surface area (Å²) in [6, 6.07) is -0.112. The van der Waals surface area contributed by atoms with Crippen molar-refractivity contribution in [2.45, 2.75) is 106 Å². The van der Waals surface area contributed by atoms with E-state index in [2.05, 4.69) is 24.1 Å². The van der Waals surface area contributed by atoms with E-state index < -0.39 is 11.5 Å². The monoisotopic (exact) mass is 476 g/mol.